The molecule has 0 aromatic heterocycles. The first-order valence-corrected chi connectivity index (χ1v) is 6.90. The van der Waals surface area contributed by atoms with Gasteiger partial charge in [0.05, 0.1) is 11.6 Å². The Morgan fingerprint density at radius 3 is 2.52 bits per heavy atom. The van der Waals surface area contributed by atoms with Gasteiger partial charge in [0, 0.05) is 6.04 Å². The van der Waals surface area contributed by atoms with Crippen LogP contribution in [0.4, 0.5) is 5.69 Å². The molecule has 0 aliphatic heterocycles. The standard InChI is InChI=1S/C17H20N2O2/c1-11-8-9-15(20)14(10-11)19-17(21)12(2)16(18)13-6-4-3-5-7-13/h3-10,12,16,20H,18H2,1-2H3,(H,19,21). The van der Waals surface area contributed by atoms with Crippen molar-refractivity contribution < 1.29 is 9.90 Å². The summed E-state index contributed by atoms with van der Waals surface area (Å²) in [4.78, 5) is 12.3. The van der Waals surface area contributed by atoms with Gasteiger partial charge in [-0.05, 0) is 30.2 Å². The maximum atomic E-state index is 12.3. The summed E-state index contributed by atoms with van der Waals surface area (Å²) in [7, 11) is 0. The van der Waals surface area contributed by atoms with E-state index in [1.165, 1.54) is 0 Å². The minimum atomic E-state index is -0.410. The number of carbonyl (C=O) groups is 1. The van der Waals surface area contributed by atoms with Gasteiger partial charge < -0.3 is 16.2 Å². The number of nitrogens with two attached hydrogens (primary N) is 1. The number of aromatic hydroxyl groups is 1. The quantitative estimate of drug-likeness (QED) is 0.755. The normalized spacial score (nSPS) is 13.5. The van der Waals surface area contributed by atoms with Crippen LogP contribution in [0, 0.1) is 12.8 Å². The molecule has 0 fully saturated rings. The fraction of sp³-hybridized carbons (Fsp3) is 0.235. The summed E-state index contributed by atoms with van der Waals surface area (Å²) in [6.45, 7) is 3.67. The highest BCUT2D eigenvalue weighted by Crippen LogP contribution is 2.26. The van der Waals surface area contributed by atoms with Crippen LogP contribution >= 0.6 is 0 Å². The van der Waals surface area contributed by atoms with Crippen molar-refractivity contribution >= 4 is 11.6 Å². The van der Waals surface area contributed by atoms with Crippen molar-refractivity contribution in [2.45, 2.75) is 19.9 Å². The third-order valence-electron chi connectivity index (χ3n) is 3.55. The minimum absolute atomic E-state index is 0.0504. The lowest BCUT2D eigenvalue weighted by molar-refractivity contribution is -0.120. The molecule has 0 heterocycles. The van der Waals surface area contributed by atoms with Crippen LogP contribution in [0.1, 0.15) is 24.1 Å². The molecule has 0 saturated heterocycles. The van der Waals surface area contributed by atoms with E-state index in [-0.39, 0.29) is 11.7 Å². The molecule has 2 aromatic carbocycles. The Morgan fingerprint density at radius 1 is 1.19 bits per heavy atom. The second-order valence-electron chi connectivity index (χ2n) is 5.23. The van der Waals surface area contributed by atoms with Gasteiger partial charge in [-0.2, -0.15) is 0 Å². The van der Waals surface area contributed by atoms with E-state index >= 15 is 0 Å². The Balaban J connectivity index is 2.11. The molecule has 2 unspecified atom stereocenters. The van der Waals surface area contributed by atoms with Crippen LogP contribution < -0.4 is 11.1 Å². The molecule has 0 aliphatic carbocycles. The number of hydrogen-bond donors (Lipinski definition) is 3. The van der Waals surface area contributed by atoms with Crippen molar-refractivity contribution in [1.82, 2.24) is 0 Å². The first-order valence-electron chi connectivity index (χ1n) is 6.90. The summed E-state index contributed by atoms with van der Waals surface area (Å²) in [6.07, 6.45) is 0. The zero-order chi connectivity index (χ0) is 15.4. The third kappa shape index (κ3) is 3.61. The van der Waals surface area contributed by atoms with Gasteiger partial charge in [-0.25, -0.2) is 0 Å². The number of rotatable bonds is 4. The van der Waals surface area contributed by atoms with E-state index in [0.717, 1.165) is 11.1 Å². The van der Waals surface area contributed by atoms with E-state index < -0.39 is 12.0 Å². The second-order valence-corrected chi connectivity index (χ2v) is 5.23. The molecule has 110 valence electrons. The van der Waals surface area contributed by atoms with Crippen molar-refractivity contribution in [2.24, 2.45) is 11.7 Å². The van der Waals surface area contributed by atoms with Gasteiger partial charge in [-0.1, -0.05) is 43.3 Å². The SMILES string of the molecule is Cc1ccc(O)c(NC(=O)C(C)C(N)c2ccccc2)c1. The Hall–Kier alpha value is -2.33. The number of nitrogens with one attached hydrogen (secondary N) is 1. The Kier molecular flexibility index (Phi) is 4.60. The van der Waals surface area contributed by atoms with E-state index in [0.29, 0.717) is 5.69 Å². The van der Waals surface area contributed by atoms with Gasteiger partial charge in [-0.15, -0.1) is 0 Å². The monoisotopic (exact) mass is 284 g/mol. The highest BCUT2D eigenvalue weighted by atomic mass is 16.3. The smallest absolute Gasteiger partial charge is 0.229 e. The fourth-order valence-electron chi connectivity index (χ4n) is 2.12. The van der Waals surface area contributed by atoms with Crippen LogP contribution in [0.2, 0.25) is 0 Å². The van der Waals surface area contributed by atoms with E-state index in [9.17, 15) is 9.90 Å². The highest BCUT2D eigenvalue weighted by Gasteiger charge is 2.22. The Labute approximate surface area is 124 Å². The van der Waals surface area contributed by atoms with Crippen LogP contribution in [0.25, 0.3) is 0 Å². The lowest BCUT2D eigenvalue weighted by Gasteiger charge is -2.20. The summed E-state index contributed by atoms with van der Waals surface area (Å²) >= 11 is 0. The maximum absolute atomic E-state index is 12.3. The summed E-state index contributed by atoms with van der Waals surface area (Å²) in [6, 6.07) is 14.2. The largest absolute Gasteiger partial charge is 0.506 e. The molecule has 1 amide bonds. The van der Waals surface area contributed by atoms with Crippen LogP contribution in [-0.4, -0.2) is 11.0 Å². The van der Waals surface area contributed by atoms with Gasteiger partial charge in [0.25, 0.3) is 0 Å². The lowest BCUT2D eigenvalue weighted by Crippen LogP contribution is -2.30. The van der Waals surface area contributed by atoms with Crippen molar-refractivity contribution in [3.63, 3.8) is 0 Å². The summed E-state index contributed by atoms with van der Waals surface area (Å²) in [5.41, 5.74) is 8.42. The zero-order valence-corrected chi connectivity index (χ0v) is 12.2. The molecule has 0 spiro atoms. The predicted octanol–water partition coefficient (Wildman–Crippen LogP) is 2.98. The molecule has 2 rings (SSSR count). The molecule has 4 heteroatoms. The molecule has 0 bridgehead atoms. The van der Waals surface area contributed by atoms with Crippen molar-refractivity contribution in [2.75, 3.05) is 5.32 Å². The number of carbonyl (C=O) groups excluding carboxylic acids is 1. The van der Waals surface area contributed by atoms with E-state index in [2.05, 4.69) is 5.32 Å². The van der Waals surface area contributed by atoms with Crippen LogP contribution in [0.3, 0.4) is 0 Å². The maximum Gasteiger partial charge on any atom is 0.229 e. The fourth-order valence-corrected chi connectivity index (χ4v) is 2.12. The lowest BCUT2D eigenvalue weighted by atomic mass is 9.94. The molecule has 0 aliphatic rings. The minimum Gasteiger partial charge on any atom is -0.506 e. The topological polar surface area (TPSA) is 75.3 Å². The van der Waals surface area contributed by atoms with Gasteiger partial charge >= 0.3 is 0 Å². The number of amides is 1. The third-order valence-corrected chi connectivity index (χ3v) is 3.55. The number of hydrogen-bond acceptors (Lipinski definition) is 3. The zero-order valence-electron chi connectivity index (χ0n) is 12.2. The Morgan fingerprint density at radius 2 is 1.86 bits per heavy atom. The molecule has 2 aromatic rings. The van der Waals surface area contributed by atoms with Crippen LogP contribution in [0.15, 0.2) is 48.5 Å². The highest BCUT2D eigenvalue weighted by molar-refractivity contribution is 5.94. The summed E-state index contributed by atoms with van der Waals surface area (Å²) < 4.78 is 0. The number of phenolic OH excluding ortho intramolecular Hbond substituents is 1. The number of aryl methyl sites for hydroxylation is 1. The van der Waals surface area contributed by atoms with Gasteiger partial charge in [0.15, 0.2) is 0 Å². The molecular formula is C17H20N2O2. The van der Waals surface area contributed by atoms with Crippen LogP contribution in [-0.2, 0) is 4.79 Å². The molecule has 21 heavy (non-hydrogen) atoms. The molecular weight excluding hydrogens is 264 g/mol. The molecule has 0 radical (unpaired) electrons. The van der Waals surface area contributed by atoms with E-state index in [4.69, 9.17) is 5.73 Å². The van der Waals surface area contributed by atoms with Crippen molar-refractivity contribution in [3.05, 3.63) is 59.7 Å². The average molecular weight is 284 g/mol. The van der Waals surface area contributed by atoms with Gasteiger partial charge in [0.2, 0.25) is 5.91 Å². The molecule has 0 saturated carbocycles. The summed E-state index contributed by atoms with van der Waals surface area (Å²) in [5.74, 6) is -0.575. The predicted molar refractivity (Wildman–Crippen MR) is 84.0 cm³/mol. The number of anilines is 1. The average Bonchev–Trinajstić information content (AvgIpc) is 2.50. The van der Waals surface area contributed by atoms with Crippen molar-refractivity contribution in [1.29, 1.82) is 0 Å². The first-order chi connectivity index (χ1) is 9.99. The summed E-state index contributed by atoms with van der Waals surface area (Å²) in [5, 5.41) is 12.5. The van der Waals surface area contributed by atoms with Gasteiger partial charge in [-0.3, -0.25) is 4.79 Å². The van der Waals surface area contributed by atoms with E-state index in [1.807, 2.05) is 37.3 Å². The first kappa shape index (κ1) is 15.1. The molecule has 2 atom stereocenters. The van der Waals surface area contributed by atoms with Gasteiger partial charge in [0.1, 0.15) is 5.75 Å². The van der Waals surface area contributed by atoms with E-state index in [1.54, 1.807) is 25.1 Å². The number of benzene rings is 2. The number of phenols is 1. The Bertz CT molecular complexity index is 626. The molecule has 4 nitrogen and oxygen atoms in total. The van der Waals surface area contributed by atoms with Crippen molar-refractivity contribution in [3.8, 4) is 5.75 Å². The molecule has 4 N–H and O–H groups in total. The second kappa shape index (κ2) is 6.41. The van der Waals surface area contributed by atoms with Crippen LogP contribution in [0.5, 0.6) is 5.75 Å².